The summed E-state index contributed by atoms with van der Waals surface area (Å²) in [6.45, 7) is 6.17. The molecule has 0 heterocycles. The van der Waals surface area contributed by atoms with Crippen LogP contribution < -0.4 is 0 Å². The second kappa shape index (κ2) is 6.15. The zero-order chi connectivity index (χ0) is 13.0. The van der Waals surface area contributed by atoms with Crippen molar-refractivity contribution in [1.29, 1.82) is 0 Å². The third-order valence-corrected chi connectivity index (χ3v) is 3.30. The quantitative estimate of drug-likeness (QED) is 0.463. The van der Waals surface area contributed by atoms with E-state index < -0.39 is 0 Å². The van der Waals surface area contributed by atoms with Gasteiger partial charge in [0.05, 0.1) is 4.92 Å². The van der Waals surface area contributed by atoms with E-state index >= 15 is 0 Å². The second-order valence-electron chi connectivity index (χ2n) is 4.82. The molecule has 0 saturated carbocycles. The summed E-state index contributed by atoms with van der Waals surface area (Å²) in [5, 5.41) is 11.0. The fourth-order valence-electron chi connectivity index (χ4n) is 1.85. The topological polar surface area (TPSA) is 43.1 Å². The van der Waals surface area contributed by atoms with Gasteiger partial charge in [-0.2, -0.15) is 0 Å². The van der Waals surface area contributed by atoms with Gasteiger partial charge < -0.3 is 0 Å². The van der Waals surface area contributed by atoms with E-state index in [0.29, 0.717) is 17.2 Å². The van der Waals surface area contributed by atoms with Crippen molar-refractivity contribution in [2.45, 2.75) is 38.4 Å². The smallest absolute Gasteiger partial charge is 0.258 e. The highest BCUT2D eigenvalue weighted by Crippen LogP contribution is 2.25. The summed E-state index contributed by atoms with van der Waals surface area (Å²) in [7, 11) is 0. The van der Waals surface area contributed by atoms with E-state index in [1.165, 1.54) is 0 Å². The van der Waals surface area contributed by atoms with Gasteiger partial charge in [-0.15, -0.1) is 0 Å². The molecule has 0 saturated heterocycles. The van der Waals surface area contributed by atoms with Crippen molar-refractivity contribution in [2.75, 3.05) is 0 Å². The van der Waals surface area contributed by atoms with Gasteiger partial charge in [-0.25, -0.2) is 0 Å². The molecule has 4 heteroatoms. The van der Waals surface area contributed by atoms with Gasteiger partial charge in [0.1, 0.15) is 0 Å². The van der Waals surface area contributed by atoms with Crippen LogP contribution in [0.25, 0.3) is 0 Å². The Morgan fingerprint density at radius 1 is 1.41 bits per heavy atom. The summed E-state index contributed by atoms with van der Waals surface area (Å²) in [6.07, 6.45) is 1.72. The number of hydrogen-bond acceptors (Lipinski definition) is 2. The minimum Gasteiger partial charge on any atom is -0.258 e. The fraction of sp³-hybridized carbons (Fsp3) is 0.538. The van der Waals surface area contributed by atoms with Gasteiger partial charge >= 0.3 is 0 Å². The van der Waals surface area contributed by atoms with Gasteiger partial charge in [-0.3, -0.25) is 10.1 Å². The van der Waals surface area contributed by atoms with E-state index in [0.717, 1.165) is 17.5 Å². The van der Waals surface area contributed by atoms with Crippen LogP contribution >= 0.6 is 15.9 Å². The Morgan fingerprint density at radius 2 is 2.06 bits per heavy atom. The normalized spacial score (nSPS) is 12.8. The van der Waals surface area contributed by atoms with Crippen molar-refractivity contribution < 1.29 is 4.92 Å². The van der Waals surface area contributed by atoms with Crippen LogP contribution in [0.3, 0.4) is 0 Å². The van der Waals surface area contributed by atoms with E-state index in [9.17, 15) is 10.1 Å². The Kier molecular flexibility index (Phi) is 5.12. The van der Waals surface area contributed by atoms with Gasteiger partial charge in [0.15, 0.2) is 0 Å². The maximum atomic E-state index is 11.0. The van der Waals surface area contributed by atoms with E-state index in [1.807, 2.05) is 19.1 Å². The summed E-state index contributed by atoms with van der Waals surface area (Å²) in [5.41, 5.74) is 1.97. The molecule has 0 bridgehead atoms. The van der Waals surface area contributed by atoms with Crippen molar-refractivity contribution in [1.82, 2.24) is 0 Å². The summed E-state index contributed by atoms with van der Waals surface area (Å²) < 4.78 is 0. The first-order valence-corrected chi connectivity index (χ1v) is 6.69. The first kappa shape index (κ1) is 14.2. The average Bonchev–Trinajstić information content (AvgIpc) is 2.19. The number of benzene rings is 1. The predicted octanol–water partition coefficient (Wildman–Crippen LogP) is 4.26. The first-order valence-electron chi connectivity index (χ1n) is 5.78. The standard InChI is InChI=1S/C13H18BrNO2/c1-9(2)6-12(14)8-11-5-4-10(3)7-13(11)15(16)17/h4-5,7,9,12H,6,8H2,1-3H3. The number of hydrogen-bond donors (Lipinski definition) is 0. The van der Waals surface area contributed by atoms with Crippen LogP contribution in [0.15, 0.2) is 18.2 Å². The average molecular weight is 300 g/mol. The van der Waals surface area contributed by atoms with Crippen LogP contribution in [0.4, 0.5) is 5.69 Å². The highest BCUT2D eigenvalue weighted by atomic mass is 79.9. The molecule has 1 atom stereocenters. The SMILES string of the molecule is Cc1ccc(CC(Br)CC(C)C)c([N+](=O)[O-])c1. The van der Waals surface area contributed by atoms with Crippen LogP contribution in [-0.2, 0) is 6.42 Å². The Labute approximate surface area is 111 Å². The van der Waals surface area contributed by atoms with Crippen LogP contribution in [-0.4, -0.2) is 9.75 Å². The Hall–Kier alpha value is -0.900. The Bertz CT molecular complexity index is 404. The van der Waals surface area contributed by atoms with Crippen LogP contribution in [0, 0.1) is 23.0 Å². The Morgan fingerprint density at radius 3 is 2.59 bits per heavy atom. The molecule has 0 aliphatic heterocycles. The molecular weight excluding hydrogens is 282 g/mol. The zero-order valence-electron chi connectivity index (χ0n) is 10.4. The molecule has 1 rings (SSSR count). The fourth-order valence-corrected chi connectivity index (χ4v) is 2.95. The molecule has 1 aromatic carbocycles. The summed E-state index contributed by atoms with van der Waals surface area (Å²) >= 11 is 3.59. The number of alkyl halides is 1. The lowest BCUT2D eigenvalue weighted by molar-refractivity contribution is -0.385. The summed E-state index contributed by atoms with van der Waals surface area (Å²) in [6, 6.07) is 5.43. The van der Waals surface area contributed by atoms with Crippen molar-refractivity contribution >= 4 is 21.6 Å². The maximum absolute atomic E-state index is 11.0. The third-order valence-electron chi connectivity index (χ3n) is 2.61. The van der Waals surface area contributed by atoms with Crippen LogP contribution in [0.1, 0.15) is 31.4 Å². The molecule has 1 aromatic rings. The van der Waals surface area contributed by atoms with E-state index in [4.69, 9.17) is 0 Å². The van der Waals surface area contributed by atoms with E-state index in [2.05, 4.69) is 29.8 Å². The molecule has 0 amide bonds. The molecule has 94 valence electrons. The maximum Gasteiger partial charge on any atom is 0.272 e. The molecule has 3 nitrogen and oxygen atoms in total. The van der Waals surface area contributed by atoms with Gasteiger partial charge in [-0.1, -0.05) is 41.9 Å². The summed E-state index contributed by atoms with van der Waals surface area (Å²) in [5.74, 6) is 0.587. The van der Waals surface area contributed by atoms with Crippen LogP contribution in [0.2, 0.25) is 0 Å². The molecule has 0 radical (unpaired) electrons. The largest absolute Gasteiger partial charge is 0.272 e. The number of nitro benzene ring substituents is 1. The number of aryl methyl sites for hydroxylation is 1. The molecular formula is C13H18BrNO2. The van der Waals surface area contributed by atoms with Gasteiger partial charge in [0.2, 0.25) is 0 Å². The van der Waals surface area contributed by atoms with E-state index in [-0.39, 0.29) is 10.6 Å². The van der Waals surface area contributed by atoms with Crippen molar-refractivity contribution in [2.24, 2.45) is 5.92 Å². The first-order chi connectivity index (χ1) is 7.90. The molecule has 0 spiro atoms. The minimum atomic E-state index is -0.294. The molecule has 0 aliphatic rings. The highest BCUT2D eigenvalue weighted by molar-refractivity contribution is 9.09. The third kappa shape index (κ3) is 4.46. The van der Waals surface area contributed by atoms with Gasteiger partial charge in [-0.05, 0) is 31.2 Å². The number of rotatable bonds is 5. The van der Waals surface area contributed by atoms with Crippen molar-refractivity contribution in [3.63, 3.8) is 0 Å². The second-order valence-corrected chi connectivity index (χ2v) is 6.12. The summed E-state index contributed by atoms with van der Waals surface area (Å²) in [4.78, 5) is 11.0. The predicted molar refractivity (Wildman–Crippen MR) is 73.7 cm³/mol. The molecule has 0 aromatic heterocycles. The van der Waals surface area contributed by atoms with Crippen molar-refractivity contribution in [3.8, 4) is 0 Å². The lowest BCUT2D eigenvalue weighted by Crippen LogP contribution is -2.08. The number of nitrogens with zero attached hydrogens (tertiary/aromatic N) is 1. The number of halogens is 1. The highest BCUT2D eigenvalue weighted by Gasteiger charge is 2.17. The van der Waals surface area contributed by atoms with E-state index in [1.54, 1.807) is 6.07 Å². The van der Waals surface area contributed by atoms with Gasteiger partial charge in [0.25, 0.3) is 5.69 Å². The molecule has 0 aliphatic carbocycles. The molecule has 17 heavy (non-hydrogen) atoms. The van der Waals surface area contributed by atoms with Crippen LogP contribution in [0.5, 0.6) is 0 Å². The zero-order valence-corrected chi connectivity index (χ0v) is 12.0. The molecule has 0 N–H and O–H groups in total. The Balaban J connectivity index is 2.86. The van der Waals surface area contributed by atoms with Gasteiger partial charge in [0, 0.05) is 16.5 Å². The lowest BCUT2D eigenvalue weighted by Gasteiger charge is -2.12. The van der Waals surface area contributed by atoms with Crippen molar-refractivity contribution in [3.05, 3.63) is 39.4 Å². The number of nitro groups is 1. The monoisotopic (exact) mass is 299 g/mol. The lowest BCUT2D eigenvalue weighted by atomic mass is 10.0. The minimum absolute atomic E-state index is 0.234. The molecule has 1 unspecified atom stereocenters. The molecule has 0 fully saturated rings.